The van der Waals surface area contributed by atoms with Crippen molar-refractivity contribution in [3.8, 4) is 0 Å². The molecule has 2 fully saturated rings. The van der Waals surface area contributed by atoms with Gasteiger partial charge in [-0.15, -0.1) is 5.10 Å². The molecule has 0 bridgehead atoms. The summed E-state index contributed by atoms with van der Waals surface area (Å²) in [5.41, 5.74) is 2.23. The molecule has 1 spiro atoms. The first kappa shape index (κ1) is 32.2. The monoisotopic (exact) mass is 649 g/mol. The van der Waals surface area contributed by atoms with E-state index in [0.29, 0.717) is 31.6 Å². The highest BCUT2D eigenvalue weighted by Gasteiger charge is 2.65. The summed E-state index contributed by atoms with van der Waals surface area (Å²) in [6.45, 7) is 7.08. The molecule has 4 heterocycles. The Morgan fingerprint density at radius 1 is 1.00 bits per heavy atom. The van der Waals surface area contributed by atoms with E-state index < -0.39 is 23.4 Å². The lowest BCUT2D eigenvalue weighted by molar-refractivity contribution is -0.146. The van der Waals surface area contributed by atoms with E-state index in [-0.39, 0.29) is 23.7 Å². The lowest BCUT2D eigenvalue weighted by Crippen LogP contribution is -2.46. The zero-order valence-corrected chi connectivity index (χ0v) is 27.7. The van der Waals surface area contributed by atoms with Gasteiger partial charge in [0.25, 0.3) is 5.91 Å². The number of hydrogen-bond acceptors (Lipinski definition) is 7. The molecule has 10 heteroatoms. The number of amides is 2. The molecule has 3 aliphatic rings. The Morgan fingerprint density at radius 3 is 2.46 bits per heavy atom. The summed E-state index contributed by atoms with van der Waals surface area (Å²) in [7, 11) is 0. The Balaban J connectivity index is 1.13. The molecule has 3 aromatic carbocycles. The highest BCUT2D eigenvalue weighted by molar-refractivity contribution is 6.07. The van der Waals surface area contributed by atoms with Crippen LogP contribution in [-0.2, 0) is 33.0 Å². The summed E-state index contributed by atoms with van der Waals surface area (Å²) in [5.74, 6) is -0.678. The maximum atomic E-state index is 14.7. The number of para-hydroxylation sites is 1. The van der Waals surface area contributed by atoms with E-state index in [9.17, 15) is 19.8 Å². The molecule has 0 saturated carbocycles. The number of carbonyl (C=O) groups excluding carboxylic acids is 2. The average molecular weight is 650 g/mol. The van der Waals surface area contributed by atoms with Gasteiger partial charge in [0.1, 0.15) is 11.8 Å². The second-order valence-corrected chi connectivity index (χ2v) is 13.9. The third-order valence-corrected chi connectivity index (χ3v) is 10.4. The van der Waals surface area contributed by atoms with E-state index in [1.165, 1.54) is 0 Å². The standard InChI is InChI=1S/C38H43N5O5/c1-25-34(37(2,3)47)32(20-22-41-24-30(39-40-41)35(45)27-11-5-4-6-12-27)48-38(25)29-13-7-8-14-31(29)43(36(38)46)23-26-16-18-28(19-17-26)42-21-10-9-15-33(42)44/h4-8,11-14,16-19,24-25,32,34-35,45,47H,9-10,15,20-23H2,1-3H3/t25-,32+,34-,35-,38+/m1/s1. The van der Waals surface area contributed by atoms with Crippen molar-refractivity contribution in [2.75, 3.05) is 16.3 Å². The minimum Gasteiger partial charge on any atom is -0.390 e. The quantitative estimate of drug-likeness (QED) is 0.258. The Morgan fingerprint density at radius 2 is 1.73 bits per heavy atom. The van der Waals surface area contributed by atoms with Gasteiger partial charge in [-0.3, -0.25) is 14.3 Å². The number of anilines is 2. The minimum atomic E-state index is -1.26. The number of benzene rings is 3. The molecule has 2 N–H and O–H groups in total. The maximum Gasteiger partial charge on any atom is 0.264 e. The van der Waals surface area contributed by atoms with Crippen LogP contribution in [-0.4, -0.2) is 55.3 Å². The fourth-order valence-electron chi connectivity index (χ4n) is 8.11. The van der Waals surface area contributed by atoms with Gasteiger partial charge in [-0.2, -0.15) is 0 Å². The van der Waals surface area contributed by atoms with E-state index in [1.807, 2.05) is 90.7 Å². The van der Waals surface area contributed by atoms with Crippen LogP contribution in [0.4, 0.5) is 11.4 Å². The molecular formula is C38H43N5O5. The van der Waals surface area contributed by atoms with Gasteiger partial charge in [-0.25, -0.2) is 0 Å². The number of piperidine rings is 1. The normalized spacial score (nSPS) is 24.8. The molecule has 10 nitrogen and oxygen atoms in total. The molecular weight excluding hydrogens is 606 g/mol. The van der Waals surface area contributed by atoms with Gasteiger partial charge in [0, 0.05) is 42.6 Å². The predicted molar refractivity (Wildman–Crippen MR) is 181 cm³/mol. The number of aliphatic hydroxyl groups excluding tert-OH is 1. The highest BCUT2D eigenvalue weighted by atomic mass is 16.5. The van der Waals surface area contributed by atoms with E-state index in [2.05, 4.69) is 10.3 Å². The van der Waals surface area contributed by atoms with Crippen LogP contribution in [0, 0.1) is 11.8 Å². The van der Waals surface area contributed by atoms with Crippen LogP contribution in [0.2, 0.25) is 0 Å². The molecule has 5 atom stereocenters. The van der Waals surface area contributed by atoms with Gasteiger partial charge in [-0.1, -0.05) is 72.8 Å². The fraction of sp³-hybridized carbons (Fsp3) is 0.421. The van der Waals surface area contributed by atoms with Gasteiger partial charge in [0.2, 0.25) is 5.91 Å². The zero-order valence-electron chi connectivity index (χ0n) is 27.7. The van der Waals surface area contributed by atoms with E-state index >= 15 is 0 Å². The number of aryl methyl sites for hydroxylation is 1. The van der Waals surface area contributed by atoms with Crippen LogP contribution in [0.5, 0.6) is 0 Å². The zero-order chi connectivity index (χ0) is 33.6. The number of carbonyl (C=O) groups is 2. The summed E-state index contributed by atoms with van der Waals surface area (Å²) in [4.78, 5) is 30.8. The summed E-state index contributed by atoms with van der Waals surface area (Å²) in [6, 6.07) is 25.0. The third kappa shape index (κ3) is 5.61. The number of nitrogens with zero attached hydrogens (tertiary/aromatic N) is 5. The summed E-state index contributed by atoms with van der Waals surface area (Å²) >= 11 is 0. The smallest absolute Gasteiger partial charge is 0.264 e. The van der Waals surface area contributed by atoms with Crippen LogP contribution < -0.4 is 9.80 Å². The first-order valence-electron chi connectivity index (χ1n) is 16.9. The molecule has 48 heavy (non-hydrogen) atoms. The van der Waals surface area contributed by atoms with Crippen molar-refractivity contribution in [3.05, 3.63) is 107 Å². The van der Waals surface area contributed by atoms with Crippen molar-refractivity contribution in [1.29, 1.82) is 0 Å². The Kier molecular flexibility index (Phi) is 8.43. The Hall–Kier alpha value is -4.38. The number of ether oxygens (including phenoxy) is 1. The van der Waals surface area contributed by atoms with E-state index in [0.717, 1.165) is 47.5 Å². The number of fused-ring (bicyclic) bond motifs is 2. The summed E-state index contributed by atoms with van der Waals surface area (Å²) in [5, 5.41) is 30.8. The van der Waals surface area contributed by atoms with Crippen LogP contribution in [0.25, 0.3) is 0 Å². The molecule has 2 amide bonds. The second-order valence-electron chi connectivity index (χ2n) is 13.9. The first-order chi connectivity index (χ1) is 23.1. The van der Waals surface area contributed by atoms with E-state index in [1.54, 1.807) is 29.6 Å². The van der Waals surface area contributed by atoms with Crippen molar-refractivity contribution in [1.82, 2.24) is 15.0 Å². The molecule has 0 radical (unpaired) electrons. The van der Waals surface area contributed by atoms with Crippen LogP contribution >= 0.6 is 0 Å². The lowest BCUT2D eigenvalue weighted by Gasteiger charge is -2.34. The molecule has 2 saturated heterocycles. The first-order valence-corrected chi connectivity index (χ1v) is 16.9. The Labute approximate surface area is 280 Å². The molecule has 250 valence electrons. The summed E-state index contributed by atoms with van der Waals surface area (Å²) in [6.07, 6.45) is 3.37. The van der Waals surface area contributed by atoms with Crippen LogP contribution in [0.1, 0.15) is 74.9 Å². The van der Waals surface area contributed by atoms with Crippen molar-refractivity contribution in [2.45, 2.75) is 83.0 Å². The molecule has 0 unspecified atom stereocenters. The maximum absolute atomic E-state index is 14.7. The van der Waals surface area contributed by atoms with Gasteiger partial charge in [0.15, 0.2) is 5.60 Å². The molecule has 4 aromatic rings. The van der Waals surface area contributed by atoms with Crippen molar-refractivity contribution < 1.29 is 24.5 Å². The molecule has 1 aromatic heterocycles. The minimum absolute atomic E-state index is 0.141. The molecule has 7 rings (SSSR count). The SMILES string of the molecule is C[C@@H]1[C@@H](C(C)(C)O)[C@H](CCn2cc([C@H](O)c3ccccc3)nn2)O[C@@]12C(=O)N(Cc1ccc(N3CCCCC3=O)cc1)c1ccccc12. The summed E-state index contributed by atoms with van der Waals surface area (Å²) < 4.78 is 8.60. The molecule has 0 aliphatic carbocycles. The van der Waals surface area contributed by atoms with Gasteiger partial charge in [-0.05, 0) is 62.4 Å². The van der Waals surface area contributed by atoms with Gasteiger partial charge in [0.05, 0.1) is 30.1 Å². The van der Waals surface area contributed by atoms with Crippen LogP contribution in [0.3, 0.4) is 0 Å². The number of aromatic nitrogens is 3. The lowest BCUT2D eigenvalue weighted by atomic mass is 9.71. The largest absolute Gasteiger partial charge is 0.390 e. The van der Waals surface area contributed by atoms with Gasteiger partial charge >= 0.3 is 0 Å². The third-order valence-electron chi connectivity index (χ3n) is 10.4. The number of hydrogen-bond donors (Lipinski definition) is 2. The van der Waals surface area contributed by atoms with Gasteiger partial charge < -0.3 is 24.7 Å². The fourth-order valence-corrected chi connectivity index (χ4v) is 8.11. The number of aliphatic hydroxyl groups is 2. The Bertz CT molecular complexity index is 1780. The average Bonchev–Trinajstić information content (AvgIpc) is 3.75. The topological polar surface area (TPSA) is 121 Å². The van der Waals surface area contributed by atoms with E-state index in [4.69, 9.17) is 4.74 Å². The van der Waals surface area contributed by atoms with Crippen LogP contribution in [0.15, 0.2) is 85.1 Å². The highest BCUT2D eigenvalue weighted by Crippen LogP contribution is 2.58. The predicted octanol–water partition coefficient (Wildman–Crippen LogP) is 5.13. The van der Waals surface area contributed by atoms with Crippen molar-refractivity contribution >= 4 is 23.2 Å². The van der Waals surface area contributed by atoms with Crippen molar-refractivity contribution in [3.63, 3.8) is 0 Å². The molecule has 3 aliphatic heterocycles. The second kappa shape index (κ2) is 12.6. The number of rotatable bonds is 9. The van der Waals surface area contributed by atoms with Crippen molar-refractivity contribution in [2.24, 2.45) is 11.8 Å².